The number of hydrazine groups is 1. The summed E-state index contributed by atoms with van der Waals surface area (Å²) in [6, 6.07) is 0. The molecule has 4 N–H and O–H groups in total. The molecule has 1 aromatic heterocycles. The molecular formula is C22H41N5O4. The van der Waals surface area contributed by atoms with Gasteiger partial charge in [-0.25, -0.2) is 4.79 Å². The Morgan fingerprint density at radius 1 is 1.23 bits per heavy atom. The predicted octanol–water partition coefficient (Wildman–Crippen LogP) is 4.95. The summed E-state index contributed by atoms with van der Waals surface area (Å²) >= 11 is 0. The Balaban J connectivity index is 0.000000648. The fourth-order valence-corrected chi connectivity index (χ4v) is 4.15. The molecule has 0 bridgehead atoms. The number of carbonyl (C=O) groups is 1. The third-order valence-electron chi connectivity index (χ3n) is 5.78. The Morgan fingerprint density at radius 3 is 2.42 bits per heavy atom. The van der Waals surface area contributed by atoms with Crippen LogP contribution in [0.3, 0.4) is 0 Å². The van der Waals surface area contributed by atoms with Gasteiger partial charge in [0.2, 0.25) is 5.70 Å². The highest BCUT2D eigenvalue weighted by Crippen LogP contribution is 2.47. The smallest absolute Gasteiger partial charge is 0.367 e. The Labute approximate surface area is 186 Å². The van der Waals surface area contributed by atoms with Crippen molar-refractivity contribution in [2.24, 2.45) is 17.8 Å². The zero-order valence-electron chi connectivity index (χ0n) is 19.7. The Kier molecular flexibility index (Phi) is 9.00. The lowest BCUT2D eigenvalue weighted by molar-refractivity contribution is -0.284. The monoisotopic (exact) mass is 439 g/mol. The van der Waals surface area contributed by atoms with Crippen molar-refractivity contribution in [3.63, 3.8) is 0 Å². The van der Waals surface area contributed by atoms with Gasteiger partial charge in [0, 0.05) is 13.8 Å². The van der Waals surface area contributed by atoms with Crippen molar-refractivity contribution >= 4 is 11.9 Å². The summed E-state index contributed by atoms with van der Waals surface area (Å²) in [6.45, 7) is 12.4. The number of aliphatic hydroxyl groups excluding tert-OH is 1. The van der Waals surface area contributed by atoms with Crippen molar-refractivity contribution in [1.82, 2.24) is 20.6 Å². The van der Waals surface area contributed by atoms with Crippen LogP contribution in [0.5, 0.6) is 0 Å². The number of nitrogens with one attached hydrogen (secondary N) is 3. The minimum atomic E-state index is -1.11. The first-order valence-corrected chi connectivity index (χ1v) is 11.5. The van der Waals surface area contributed by atoms with E-state index >= 15 is 0 Å². The highest BCUT2D eigenvalue weighted by Gasteiger charge is 2.53. The van der Waals surface area contributed by atoms with Crippen LogP contribution in [0.25, 0.3) is 0 Å². The van der Waals surface area contributed by atoms with Crippen LogP contribution in [0.1, 0.15) is 86.8 Å². The van der Waals surface area contributed by atoms with Crippen LogP contribution in [0, 0.1) is 24.7 Å². The minimum Gasteiger partial charge on any atom is -0.479 e. The molecule has 2 heterocycles. The molecule has 3 atom stereocenters. The van der Waals surface area contributed by atoms with Crippen molar-refractivity contribution in [3.05, 3.63) is 17.5 Å². The van der Waals surface area contributed by atoms with E-state index in [0.29, 0.717) is 18.2 Å². The molecule has 3 rings (SSSR count). The van der Waals surface area contributed by atoms with Crippen LogP contribution in [0.15, 0.2) is 11.6 Å². The molecule has 0 saturated heterocycles. The van der Waals surface area contributed by atoms with Crippen molar-refractivity contribution in [1.29, 1.82) is 0 Å². The molecular weight excluding hydrogens is 398 g/mol. The molecule has 0 radical (unpaired) electrons. The summed E-state index contributed by atoms with van der Waals surface area (Å²) in [5, 5.41) is 16.9. The maximum atomic E-state index is 12.5. The molecule has 1 aromatic rings. The first-order valence-electron chi connectivity index (χ1n) is 11.5. The number of aromatic amines is 1. The number of aryl methyl sites for hydroxylation is 1. The van der Waals surface area contributed by atoms with Crippen LogP contribution in [0.2, 0.25) is 0 Å². The second kappa shape index (κ2) is 11.2. The highest BCUT2D eigenvalue weighted by atomic mass is 16.8. The second-order valence-corrected chi connectivity index (χ2v) is 8.92. The third kappa shape index (κ3) is 6.51. The summed E-state index contributed by atoms with van der Waals surface area (Å²) in [5.41, 5.74) is 4.99. The summed E-state index contributed by atoms with van der Waals surface area (Å²) in [5.74, 6) is -0.771. The van der Waals surface area contributed by atoms with Gasteiger partial charge in [-0.2, -0.15) is 4.98 Å². The van der Waals surface area contributed by atoms with E-state index in [-0.39, 0.29) is 24.9 Å². The van der Waals surface area contributed by atoms with E-state index in [1.165, 1.54) is 25.7 Å². The van der Waals surface area contributed by atoms with E-state index in [4.69, 9.17) is 9.47 Å². The van der Waals surface area contributed by atoms with Crippen molar-refractivity contribution in [2.75, 3.05) is 5.43 Å². The first kappa shape index (κ1) is 24.8. The summed E-state index contributed by atoms with van der Waals surface area (Å²) in [6.07, 6.45) is 8.03. The van der Waals surface area contributed by atoms with Gasteiger partial charge in [0.05, 0.1) is 0 Å². The molecule has 1 aliphatic carbocycles. The van der Waals surface area contributed by atoms with E-state index in [9.17, 15) is 9.90 Å². The number of aromatic nitrogens is 3. The molecule has 0 amide bonds. The number of carbonyl (C=O) groups excluding carboxylic acids is 1. The zero-order chi connectivity index (χ0) is 23.0. The number of rotatable bonds is 7. The quantitative estimate of drug-likeness (QED) is 0.267. The topological polar surface area (TPSA) is 121 Å². The van der Waals surface area contributed by atoms with Crippen molar-refractivity contribution in [2.45, 2.75) is 92.3 Å². The maximum absolute atomic E-state index is 12.5. The van der Waals surface area contributed by atoms with E-state index < -0.39 is 17.7 Å². The van der Waals surface area contributed by atoms with Gasteiger partial charge in [-0.1, -0.05) is 60.3 Å². The van der Waals surface area contributed by atoms with Gasteiger partial charge < -0.3 is 14.6 Å². The summed E-state index contributed by atoms with van der Waals surface area (Å²) < 4.78 is 11.5. The lowest BCUT2D eigenvalue weighted by Crippen LogP contribution is -2.54. The summed E-state index contributed by atoms with van der Waals surface area (Å²) in [7, 11) is 0. The molecule has 31 heavy (non-hydrogen) atoms. The average molecular weight is 440 g/mol. The normalized spacial score (nSPS) is 25.6. The minimum absolute atomic E-state index is 0. The Bertz CT molecular complexity index is 750. The molecule has 1 fully saturated rings. The first-order chi connectivity index (χ1) is 14.7. The standard InChI is InChI=1S/C16H25N5O4.C6H14.H2/c1-8(2)11-6-5-9(3)7-16(11)24-13(22)12(14(23)25-16)19-21-15-17-10(4)18-20-15;1-3-5-6-4-2;/h8-9,11,19,22H,5-7H2,1-4H3,(H2,17,18,20,21);3-6H2,1-2H3;1H. The fraction of sp³-hybridized carbons (Fsp3) is 0.773. The lowest BCUT2D eigenvalue weighted by Gasteiger charge is -2.47. The van der Waals surface area contributed by atoms with E-state index in [1.807, 2.05) is 0 Å². The van der Waals surface area contributed by atoms with Gasteiger partial charge in [0.15, 0.2) is 0 Å². The molecule has 9 nitrogen and oxygen atoms in total. The van der Waals surface area contributed by atoms with Gasteiger partial charge in [0.25, 0.3) is 11.7 Å². The van der Waals surface area contributed by atoms with Crippen LogP contribution in [0.4, 0.5) is 5.95 Å². The molecule has 9 heteroatoms. The highest BCUT2D eigenvalue weighted by molar-refractivity contribution is 5.89. The molecule has 1 spiro atoms. The number of esters is 1. The number of nitrogens with zero attached hydrogens (tertiary/aromatic N) is 2. The second-order valence-electron chi connectivity index (χ2n) is 8.92. The molecule has 2 aliphatic rings. The molecule has 0 aromatic carbocycles. The Morgan fingerprint density at radius 2 is 1.90 bits per heavy atom. The van der Waals surface area contributed by atoms with Crippen LogP contribution in [-0.4, -0.2) is 32.0 Å². The van der Waals surface area contributed by atoms with Gasteiger partial charge >= 0.3 is 11.9 Å². The average Bonchev–Trinajstić information content (AvgIpc) is 3.11. The number of anilines is 1. The van der Waals surface area contributed by atoms with Crippen LogP contribution < -0.4 is 10.9 Å². The zero-order valence-corrected chi connectivity index (χ0v) is 19.7. The van der Waals surface area contributed by atoms with Crippen LogP contribution in [-0.2, 0) is 14.3 Å². The molecule has 3 unspecified atom stereocenters. The van der Waals surface area contributed by atoms with E-state index in [0.717, 1.165) is 12.8 Å². The summed E-state index contributed by atoms with van der Waals surface area (Å²) in [4.78, 5) is 16.5. The molecule has 178 valence electrons. The lowest BCUT2D eigenvalue weighted by atomic mass is 9.72. The van der Waals surface area contributed by atoms with Crippen molar-refractivity contribution in [3.8, 4) is 0 Å². The fourth-order valence-electron chi connectivity index (χ4n) is 4.15. The molecule has 1 saturated carbocycles. The van der Waals surface area contributed by atoms with Crippen molar-refractivity contribution < 1.29 is 20.8 Å². The van der Waals surface area contributed by atoms with E-state index in [1.54, 1.807) is 6.92 Å². The predicted molar refractivity (Wildman–Crippen MR) is 121 cm³/mol. The van der Waals surface area contributed by atoms with Gasteiger partial charge in [-0.15, -0.1) is 5.10 Å². The largest absolute Gasteiger partial charge is 0.479 e. The van der Waals surface area contributed by atoms with Gasteiger partial charge in [-0.3, -0.25) is 16.0 Å². The van der Waals surface area contributed by atoms with Crippen LogP contribution >= 0.6 is 0 Å². The Hall–Kier alpha value is -2.45. The van der Waals surface area contributed by atoms with E-state index in [2.05, 4.69) is 60.7 Å². The number of ether oxygens (including phenoxy) is 2. The number of hydrogen-bond donors (Lipinski definition) is 4. The SMILES string of the molecule is CCCCCC.Cc1nc(NNC2=C(O)OC3(CC(C)CCC3C(C)C)OC2=O)n[nH]1.[HH]. The van der Waals surface area contributed by atoms with Gasteiger partial charge in [0.1, 0.15) is 5.82 Å². The number of H-pyrrole nitrogens is 1. The van der Waals surface area contributed by atoms with Gasteiger partial charge in [-0.05, 0) is 31.6 Å². The number of aliphatic hydroxyl groups is 1. The number of hydrogen-bond acceptors (Lipinski definition) is 8. The maximum Gasteiger partial charge on any atom is 0.367 e. The molecule has 1 aliphatic heterocycles. The third-order valence-corrected chi connectivity index (χ3v) is 5.78. The number of unbranched alkanes of at least 4 members (excludes halogenated alkanes) is 3.